The standard InChI is InChI=1S/C15H13N3O/c16-12-8-4-5-9-14(12)18-15(19)10-13(17-18)11-6-2-1-3-7-11/h1-9H,10,16H2. The molecule has 1 amide bonds. The van der Waals surface area contributed by atoms with E-state index in [1.54, 1.807) is 12.1 Å². The average Bonchev–Trinajstić information content (AvgIpc) is 2.82. The molecule has 1 aliphatic rings. The Morgan fingerprint density at radius 1 is 1.00 bits per heavy atom. The zero-order valence-corrected chi connectivity index (χ0v) is 10.3. The number of anilines is 2. The topological polar surface area (TPSA) is 58.7 Å². The van der Waals surface area contributed by atoms with Crippen LogP contribution in [0.3, 0.4) is 0 Å². The lowest BCUT2D eigenvalue weighted by molar-refractivity contribution is -0.116. The van der Waals surface area contributed by atoms with E-state index in [-0.39, 0.29) is 5.91 Å². The third-order valence-corrected chi connectivity index (χ3v) is 3.05. The quantitative estimate of drug-likeness (QED) is 0.833. The van der Waals surface area contributed by atoms with Gasteiger partial charge >= 0.3 is 0 Å². The van der Waals surface area contributed by atoms with Crippen LogP contribution in [0.1, 0.15) is 12.0 Å². The molecule has 1 aliphatic heterocycles. The van der Waals surface area contributed by atoms with Crippen LogP contribution in [-0.2, 0) is 4.79 Å². The number of amides is 1. The fourth-order valence-corrected chi connectivity index (χ4v) is 2.09. The number of nitrogen functional groups attached to an aromatic ring is 1. The summed E-state index contributed by atoms with van der Waals surface area (Å²) in [4.78, 5) is 12.1. The molecule has 0 saturated carbocycles. The van der Waals surface area contributed by atoms with E-state index in [2.05, 4.69) is 5.10 Å². The van der Waals surface area contributed by atoms with Gasteiger partial charge < -0.3 is 5.73 Å². The Morgan fingerprint density at radius 3 is 2.42 bits per heavy atom. The van der Waals surface area contributed by atoms with Gasteiger partial charge in [-0.15, -0.1) is 0 Å². The van der Waals surface area contributed by atoms with Gasteiger partial charge in [-0.25, -0.2) is 0 Å². The molecule has 0 radical (unpaired) electrons. The van der Waals surface area contributed by atoms with Crippen LogP contribution in [0.15, 0.2) is 59.7 Å². The second-order valence-electron chi connectivity index (χ2n) is 4.35. The minimum atomic E-state index is -0.0586. The summed E-state index contributed by atoms with van der Waals surface area (Å²) in [5.74, 6) is -0.0586. The van der Waals surface area contributed by atoms with E-state index in [9.17, 15) is 4.79 Å². The van der Waals surface area contributed by atoms with Crippen molar-refractivity contribution >= 4 is 23.0 Å². The monoisotopic (exact) mass is 251 g/mol. The molecule has 0 spiro atoms. The van der Waals surface area contributed by atoms with Crippen LogP contribution in [0.4, 0.5) is 11.4 Å². The molecule has 0 aromatic heterocycles. The number of rotatable bonds is 2. The molecule has 0 bridgehead atoms. The number of hydrogen-bond acceptors (Lipinski definition) is 3. The Kier molecular flexibility index (Phi) is 2.76. The van der Waals surface area contributed by atoms with Gasteiger partial charge in [-0.1, -0.05) is 42.5 Å². The number of hydrazone groups is 1. The molecule has 0 atom stereocenters. The second kappa shape index (κ2) is 4.57. The summed E-state index contributed by atoms with van der Waals surface area (Å²) in [5, 5.41) is 5.78. The van der Waals surface area contributed by atoms with Crippen molar-refractivity contribution < 1.29 is 4.79 Å². The summed E-state index contributed by atoms with van der Waals surface area (Å²) in [5.41, 5.74) is 8.81. The van der Waals surface area contributed by atoms with Crippen molar-refractivity contribution in [2.75, 3.05) is 10.7 Å². The zero-order valence-electron chi connectivity index (χ0n) is 10.3. The van der Waals surface area contributed by atoms with E-state index in [0.717, 1.165) is 11.3 Å². The van der Waals surface area contributed by atoms with E-state index >= 15 is 0 Å². The molecule has 2 aromatic rings. The Bertz CT molecular complexity index is 649. The minimum Gasteiger partial charge on any atom is -0.397 e. The van der Waals surface area contributed by atoms with E-state index in [0.29, 0.717) is 17.8 Å². The second-order valence-corrected chi connectivity index (χ2v) is 4.35. The van der Waals surface area contributed by atoms with Crippen LogP contribution in [0, 0.1) is 0 Å². The fourth-order valence-electron chi connectivity index (χ4n) is 2.09. The predicted molar refractivity (Wildman–Crippen MR) is 75.9 cm³/mol. The SMILES string of the molecule is Nc1ccccc1N1N=C(c2ccccc2)CC1=O. The lowest BCUT2D eigenvalue weighted by atomic mass is 10.1. The molecule has 94 valence electrons. The van der Waals surface area contributed by atoms with E-state index < -0.39 is 0 Å². The Balaban J connectivity index is 1.99. The summed E-state index contributed by atoms with van der Waals surface area (Å²) in [6, 6.07) is 16.9. The smallest absolute Gasteiger partial charge is 0.253 e. The fraction of sp³-hybridized carbons (Fsp3) is 0.0667. The molecule has 4 nitrogen and oxygen atoms in total. The van der Waals surface area contributed by atoms with Crippen molar-refractivity contribution in [3.8, 4) is 0 Å². The molecular weight excluding hydrogens is 238 g/mol. The Hall–Kier alpha value is -2.62. The van der Waals surface area contributed by atoms with Crippen LogP contribution >= 0.6 is 0 Å². The molecule has 3 rings (SSSR count). The van der Waals surface area contributed by atoms with Crippen molar-refractivity contribution in [3.05, 3.63) is 60.2 Å². The highest BCUT2D eigenvalue weighted by atomic mass is 16.2. The molecule has 2 N–H and O–H groups in total. The van der Waals surface area contributed by atoms with Crippen molar-refractivity contribution in [3.63, 3.8) is 0 Å². The molecule has 0 unspecified atom stereocenters. The number of carbonyl (C=O) groups excluding carboxylic acids is 1. The molecule has 0 aliphatic carbocycles. The van der Waals surface area contributed by atoms with Gasteiger partial charge in [0, 0.05) is 0 Å². The molecule has 19 heavy (non-hydrogen) atoms. The Morgan fingerprint density at radius 2 is 1.68 bits per heavy atom. The van der Waals surface area contributed by atoms with Gasteiger partial charge in [-0.2, -0.15) is 10.1 Å². The maximum Gasteiger partial charge on any atom is 0.253 e. The summed E-state index contributed by atoms with van der Waals surface area (Å²) < 4.78 is 0. The normalized spacial score (nSPS) is 14.6. The molecular formula is C15H13N3O. The van der Waals surface area contributed by atoms with Gasteiger partial charge in [-0.3, -0.25) is 4.79 Å². The van der Waals surface area contributed by atoms with Crippen LogP contribution < -0.4 is 10.7 Å². The van der Waals surface area contributed by atoms with Gasteiger partial charge in [0.15, 0.2) is 0 Å². The third-order valence-electron chi connectivity index (χ3n) is 3.05. The molecule has 4 heteroatoms. The van der Waals surface area contributed by atoms with Crippen molar-refractivity contribution in [1.29, 1.82) is 0 Å². The number of carbonyl (C=O) groups is 1. The van der Waals surface area contributed by atoms with Crippen LogP contribution in [0.5, 0.6) is 0 Å². The summed E-state index contributed by atoms with van der Waals surface area (Å²) >= 11 is 0. The van der Waals surface area contributed by atoms with Gasteiger partial charge in [0.05, 0.1) is 23.5 Å². The number of nitrogens with zero attached hydrogens (tertiary/aromatic N) is 2. The van der Waals surface area contributed by atoms with E-state index in [1.807, 2.05) is 42.5 Å². The van der Waals surface area contributed by atoms with Gasteiger partial charge in [0.25, 0.3) is 5.91 Å². The summed E-state index contributed by atoms with van der Waals surface area (Å²) in [6.45, 7) is 0. The molecule has 0 fully saturated rings. The maximum absolute atomic E-state index is 12.1. The van der Waals surface area contributed by atoms with Crippen LogP contribution in [-0.4, -0.2) is 11.6 Å². The van der Waals surface area contributed by atoms with Gasteiger partial charge in [-0.05, 0) is 17.7 Å². The average molecular weight is 251 g/mol. The highest BCUT2D eigenvalue weighted by molar-refractivity contribution is 6.19. The number of nitrogens with two attached hydrogens (primary N) is 1. The Labute approximate surface area is 111 Å². The van der Waals surface area contributed by atoms with Gasteiger partial charge in [0.1, 0.15) is 0 Å². The largest absolute Gasteiger partial charge is 0.397 e. The minimum absolute atomic E-state index is 0.0586. The molecule has 1 heterocycles. The first-order chi connectivity index (χ1) is 9.25. The lowest BCUT2D eigenvalue weighted by Gasteiger charge is -2.13. The molecule has 0 saturated heterocycles. The third kappa shape index (κ3) is 2.08. The maximum atomic E-state index is 12.1. The molecule has 2 aromatic carbocycles. The summed E-state index contributed by atoms with van der Waals surface area (Å²) in [6.07, 6.45) is 0.304. The van der Waals surface area contributed by atoms with Crippen LogP contribution in [0.2, 0.25) is 0 Å². The number of benzene rings is 2. The van der Waals surface area contributed by atoms with Crippen LogP contribution in [0.25, 0.3) is 0 Å². The predicted octanol–water partition coefficient (Wildman–Crippen LogP) is 2.41. The van der Waals surface area contributed by atoms with Crippen molar-refractivity contribution in [1.82, 2.24) is 0 Å². The first-order valence-corrected chi connectivity index (χ1v) is 6.06. The first-order valence-electron chi connectivity index (χ1n) is 6.06. The first kappa shape index (κ1) is 11.5. The van der Waals surface area contributed by atoms with Crippen molar-refractivity contribution in [2.24, 2.45) is 5.10 Å². The zero-order chi connectivity index (χ0) is 13.2. The van der Waals surface area contributed by atoms with Crippen molar-refractivity contribution in [2.45, 2.75) is 6.42 Å². The van der Waals surface area contributed by atoms with E-state index in [4.69, 9.17) is 5.73 Å². The number of hydrogen-bond donors (Lipinski definition) is 1. The highest BCUT2D eigenvalue weighted by Crippen LogP contribution is 2.27. The van der Waals surface area contributed by atoms with E-state index in [1.165, 1.54) is 5.01 Å². The number of para-hydroxylation sites is 2. The lowest BCUT2D eigenvalue weighted by Crippen LogP contribution is -2.20. The highest BCUT2D eigenvalue weighted by Gasteiger charge is 2.26. The summed E-state index contributed by atoms with van der Waals surface area (Å²) in [7, 11) is 0. The van der Waals surface area contributed by atoms with Gasteiger partial charge in [0.2, 0.25) is 0 Å².